The van der Waals surface area contributed by atoms with Crippen LogP contribution in [0.3, 0.4) is 0 Å². The molecule has 9 rings (SSSR count). The summed E-state index contributed by atoms with van der Waals surface area (Å²) in [4.78, 5) is 44.9. The molecule has 6 unspecified atom stereocenters. The molecule has 2 heterocycles. The zero-order valence-electron chi connectivity index (χ0n) is 33.4. The predicted molar refractivity (Wildman–Crippen MR) is 215 cm³/mol. The minimum Gasteiger partial charge on any atom is -0.461 e. The van der Waals surface area contributed by atoms with Gasteiger partial charge in [0.15, 0.2) is 11.4 Å². The van der Waals surface area contributed by atoms with Crippen LogP contribution in [0.1, 0.15) is 125 Å². The molecule has 1 saturated heterocycles. The number of rotatable bonds is 7. The molecule has 8 nitrogen and oxygen atoms in total. The minimum atomic E-state index is -1.37. The van der Waals surface area contributed by atoms with Gasteiger partial charge >= 0.3 is 5.97 Å². The Morgan fingerprint density at radius 2 is 1.70 bits per heavy atom. The van der Waals surface area contributed by atoms with Gasteiger partial charge in [-0.2, -0.15) is 0 Å². The molecule has 294 valence electrons. The molecule has 8 heteroatoms. The number of furan rings is 1. The van der Waals surface area contributed by atoms with Crippen molar-refractivity contribution in [2.24, 2.45) is 16.2 Å². The fraction of sp³-hybridized carbons (Fsp3) is 0.479. The van der Waals surface area contributed by atoms with Crippen LogP contribution in [-0.4, -0.2) is 56.6 Å². The van der Waals surface area contributed by atoms with Crippen molar-refractivity contribution in [1.82, 2.24) is 4.90 Å². The Morgan fingerprint density at radius 3 is 2.43 bits per heavy atom. The summed E-state index contributed by atoms with van der Waals surface area (Å²) in [6.07, 6.45) is 8.19. The molecule has 1 aliphatic heterocycles. The van der Waals surface area contributed by atoms with Gasteiger partial charge < -0.3 is 24.3 Å². The number of hydrogen-bond donors (Lipinski definition) is 2. The molecule has 4 aromatic rings. The Hall–Kier alpha value is -4.53. The highest BCUT2D eigenvalue weighted by molar-refractivity contribution is 6.08. The van der Waals surface area contributed by atoms with Crippen molar-refractivity contribution in [1.29, 1.82) is 0 Å². The lowest BCUT2D eigenvalue weighted by atomic mass is 9.64. The molecule has 0 radical (unpaired) electrons. The van der Waals surface area contributed by atoms with Gasteiger partial charge in [0.05, 0.1) is 29.9 Å². The van der Waals surface area contributed by atoms with E-state index >= 15 is 4.79 Å². The zero-order valence-corrected chi connectivity index (χ0v) is 33.4. The number of esters is 1. The highest BCUT2D eigenvalue weighted by atomic mass is 16.6. The molecule has 1 amide bonds. The van der Waals surface area contributed by atoms with Gasteiger partial charge in [-0.25, -0.2) is 0 Å². The number of aliphatic hydroxyl groups is 2. The number of benzene rings is 3. The molecule has 4 bridgehead atoms. The fourth-order valence-corrected chi connectivity index (χ4v) is 10.9. The topological polar surface area (TPSA) is 117 Å². The van der Waals surface area contributed by atoms with Crippen molar-refractivity contribution < 1.29 is 33.8 Å². The standard InChI is InChI=1S/C48H55NO7/c1-31-11-9-22-45(4)39(37-20-18-32(27-35(50)19-17-31)28-38(37)41(51)40-16-10-26-55-40)21-23-47(45,54)30-49(29-34-14-8-13-33-12-6-7-15-36(33)34)42(52)48-25-24-46(5,43(53)56-48)44(48,2)3/h6-8,10-16,18,20,26,28,35,39,50,54H,9,17,19,21-25,27,29-30H2,1-5H3. The Kier molecular flexibility index (Phi) is 9.48. The first-order valence-corrected chi connectivity index (χ1v) is 20.4. The monoisotopic (exact) mass is 757 g/mol. The van der Waals surface area contributed by atoms with Gasteiger partial charge in [-0.1, -0.05) is 87.0 Å². The zero-order chi connectivity index (χ0) is 39.7. The number of carbonyl (C=O) groups excluding carboxylic acids is 3. The van der Waals surface area contributed by atoms with Crippen molar-refractivity contribution in [3.05, 3.63) is 119 Å². The Labute approximate surface area is 329 Å². The first-order chi connectivity index (χ1) is 26.6. The van der Waals surface area contributed by atoms with Gasteiger partial charge in [0.2, 0.25) is 5.78 Å². The van der Waals surface area contributed by atoms with Gasteiger partial charge in [-0.15, -0.1) is 0 Å². The summed E-state index contributed by atoms with van der Waals surface area (Å²) < 4.78 is 11.8. The number of allylic oxidation sites excluding steroid dienone is 2. The van der Waals surface area contributed by atoms with E-state index in [1.54, 1.807) is 17.0 Å². The summed E-state index contributed by atoms with van der Waals surface area (Å²) in [5.41, 5.74) is -0.707. The van der Waals surface area contributed by atoms with Crippen LogP contribution < -0.4 is 0 Å². The summed E-state index contributed by atoms with van der Waals surface area (Å²) >= 11 is 0. The third-order valence-corrected chi connectivity index (χ3v) is 15.1. The highest BCUT2D eigenvalue weighted by Crippen LogP contribution is 2.66. The number of amides is 1. The number of hydrogen-bond acceptors (Lipinski definition) is 7. The van der Waals surface area contributed by atoms with Gasteiger partial charge in [0, 0.05) is 22.9 Å². The van der Waals surface area contributed by atoms with E-state index in [1.807, 2.05) is 63.2 Å². The molecule has 3 fully saturated rings. The van der Waals surface area contributed by atoms with E-state index in [0.717, 1.165) is 33.9 Å². The summed E-state index contributed by atoms with van der Waals surface area (Å²) in [5.74, 6) is -0.832. The van der Waals surface area contributed by atoms with Crippen LogP contribution in [0.25, 0.3) is 10.8 Å². The molecule has 1 aromatic heterocycles. The van der Waals surface area contributed by atoms with E-state index in [1.165, 1.54) is 11.8 Å². The molecule has 56 heavy (non-hydrogen) atoms. The van der Waals surface area contributed by atoms with E-state index in [-0.39, 0.29) is 42.4 Å². The largest absolute Gasteiger partial charge is 0.461 e. The van der Waals surface area contributed by atoms with E-state index in [4.69, 9.17) is 9.15 Å². The number of ether oxygens (including phenoxy) is 1. The number of ketones is 1. The fourth-order valence-electron chi connectivity index (χ4n) is 10.9. The average Bonchev–Trinajstić information content (AvgIpc) is 3.88. The van der Waals surface area contributed by atoms with Crippen molar-refractivity contribution in [2.45, 2.75) is 122 Å². The molecule has 4 aliphatic carbocycles. The minimum absolute atomic E-state index is 0.0303. The summed E-state index contributed by atoms with van der Waals surface area (Å²) in [6.45, 7) is 10.4. The third kappa shape index (κ3) is 5.89. The van der Waals surface area contributed by atoms with Gasteiger partial charge in [-0.05, 0) is 123 Å². The van der Waals surface area contributed by atoms with Gasteiger partial charge in [0.1, 0.15) is 0 Å². The van der Waals surface area contributed by atoms with E-state index in [9.17, 15) is 19.8 Å². The van der Waals surface area contributed by atoms with Crippen molar-refractivity contribution in [2.75, 3.05) is 6.54 Å². The number of fused-ring (bicyclic) bond motifs is 11. The Bertz CT molecular complexity index is 2220. The first kappa shape index (κ1) is 38.3. The smallest absolute Gasteiger partial charge is 0.313 e. The second-order valence-electron chi connectivity index (χ2n) is 18.2. The van der Waals surface area contributed by atoms with E-state index in [2.05, 4.69) is 38.1 Å². The normalized spacial score (nSPS) is 31.1. The third-order valence-electron chi connectivity index (χ3n) is 15.1. The summed E-state index contributed by atoms with van der Waals surface area (Å²) in [7, 11) is 0. The van der Waals surface area contributed by atoms with E-state index in [0.29, 0.717) is 56.9 Å². The van der Waals surface area contributed by atoms with E-state index < -0.39 is 33.6 Å². The lowest BCUT2D eigenvalue weighted by molar-refractivity contribution is -0.178. The molecule has 6 atom stereocenters. The van der Waals surface area contributed by atoms with Crippen LogP contribution >= 0.6 is 0 Å². The van der Waals surface area contributed by atoms with Crippen LogP contribution in [0.15, 0.2) is 95.1 Å². The lowest BCUT2D eigenvalue weighted by Crippen LogP contribution is -2.60. The molecule has 0 spiro atoms. The number of aliphatic hydroxyl groups excluding tert-OH is 1. The second kappa shape index (κ2) is 13.8. The van der Waals surface area contributed by atoms with Crippen LogP contribution in [0.2, 0.25) is 0 Å². The maximum atomic E-state index is 15.4. The molecular weight excluding hydrogens is 703 g/mol. The highest BCUT2D eigenvalue weighted by Gasteiger charge is 2.76. The summed E-state index contributed by atoms with van der Waals surface area (Å²) in [6, 6.07) is 23.5. The van der Waals surface area contributed by atoms with Crippen LogP contribution in [0, 0.1) is 16.2 Å². The van der Waals surface area contributed by atoms with Crippen molar-refractivity contribution in [3.8, 4) is 0 Å². The Balaban J connectivity index is 1.24. The predicted octanol–water partition coefficient (Wildman–Crippen LogP) is 8.85. The van der Waals surface area contributed by atoms with Crippen molar-refractivity contribution in [3.63, 3.8) is 0 Å². The number of carbonyl (C=O) groups is 3. The van der Waals surface area contributed by atoms with Gasteiger partial charge in [0.25, 0.3) is 5.91 Å². The number of nitrogens with zero attached hydrogens (tertiary/aromatic N) is 1. The second-order valence-corrected chi connectivity index (χ2v) is 18.2. The maximum absolute atomic E-state index is 15.4. The average molecular weight is 758 g/mol. The summed E-state index contributed by atoms with van der Waals surface area (Å²) in [5, 5.41) is 26.5. The van der Waals surface area contributed by atoms with Crippen LogP contribution in [0.5, 0.6) is 0 Å². The maximum Gasteiger partial charge on any atom is 0.313 e. The molecular formula is C48H55NO7. The molecule has 2 saturated carbocycles. The Morgan fingerprint density at radius 1 is 0.911 bits per heavy atom. The lowest BCUT2D eigenvalue weighted by Gasteiger charge is -2.47. The van der Waals surface area contributed by atoms with Crippen molar-refractivity contribution >= 4 is 28.4 Å². The molecule has 3 aromatic carbocycles. The molecule has 2 N–H and O–H groups in total. The SMILES string of the molecule is CC1=CCCC2(C)C(CCC2(O)CN(Cc2cccc3ccccc23)C(=O)C23CCC(C)(C(=O)O2)C3(C)C)c2ccc(cc2C(=O)c2ccco2)CC(O)CC1. The van der Waals surface area contributed by atoms with Crippen LogP contribution in [0.4, 0.5) is 0 Å². The van der Waals surface area contributed by atoms with Crippen LogP contribution in [-0.2, 0) is 27.3 Å². The first-order valence-electron chi connectivity index (χ1n) is 20.4. The quantitative estimate of drug-likeness (QED) is 0.110. The molecule has 5 aliphatic rings. The van der Waals surface area contributed by atoms with Gasteiger partial charge in [-0.3, -0.25) is 14.4 Å².